The second kappa shape index (κ2) is 9.74. The van der Waals surface area contributed by atoms with Gasteiger partial charge in [0.15, 0.2) is 23.0 Å². The molecule has 0 aromatic heterocycles. The Bertz CT molecular complexity index is 1330. The van der Waals surface area contributed by atoms with Crippen molar-refractivity contribution < 1.29 is 34.1 Å². The summed E-state index contributed by atoms with van der Waals surface area (Å²) in [6.07, 6.45) is -0.411. The van der Waals surface area contributed by atoms with E-state index in [-0.39, 0.29) is 47.4 Å². The first kappa shape index (κ1) is 27.3. The van der Waals surface area contributed by atoms with Crippen molar-refractivity contribution in [2.45, 2.75) is 70.0 Å². The number of nitrogens with two attached hydrogens (primary N) is 1. The second-order valence-corrected chi connectivity index (χ2v) is 10.9. The average molecular weight is 541 g/mol. The number of rotatable bonds is 5. The van der Waals surface area contributed by atoms with Crippen LogP contribution in [-0.4, -0.2) is 95.7 Å². The Hall–Kier alpha value is -3.25. The summed E-state index contributed by atoms with van der Waals surface area (Å²) in [6, 6.07) is -0.912. The lowest BCUT2D eigenvalue weighted by Gasteiger charge is -2.60. The van der Waals surface area contributed by atoms with Gasteiger partial charge in [-0.2, -0.15) is 0 Å². The van der Waals surface area contributed by atoms with Gasteiger partial charge in [0.2, 0.25) is 11.7 Å². The number of hydrogen-bond donors (Lipinski definition) is 4. The molecule has 4 aliphatic rings. The fourth-order valence-electron chi connectivity index (χ4n) is 6.98. The van der Waals surface area contributed by atoms with Gasteiger partial charge in [-0.1, -0.05) is 6.07 Å². The molecule has 1 aromatic carbocycles. The quantitative estimate of drug-likeness (QED) is 0.381. The molecule has 5 N–H and O–H groups in total. The minimum absolute atomic E-state index is 0.0320. The zero-order valence-corrected chi connectivity index (χ0v) is 23.1. The van der Waals surface area contributed by atoms with E-state index in [1.165, 1.54) is 14.2 Å². The molecule has 1 saturated heterocycles. The Morgan fingerprint density at radius 2 is 1.87 bits per heavy atom. The molecule has 0 spiro atoms. The Balaban J connectivity index is 1.69. The SMILES string of the molecule is COC1=C(C)C(=O)C2=C(C1=O)[C@H](CNC(=O)[C@@H](C)N)N1[C@@H](O)[C@H]3Cc4cc(C)c(OC)c(O)c4[C@@H]([C@@H]1C2)N3C. The summed E-state index contributed by atoms with van der Waals surface area (Å²) in [5, 5.41) is 26.0. The zero-order chi connectivity index (χ0) is 28.5. The maximum Gasteiger partial charge on any atom is 0.236 e. The average Bonchev–Trinajstić information content (AvgIpc) is 2.88. The molecule has 0 radical (unpaired) electrons. The molecule has 39 heavy (non-hydrogen) atoms. The largest absolute Gasteiger partial charge is 0.504 e. The van der Waals surface area contributed by atoms with E-state index >= 15 is 0 Å². The molecule has 6 atom stereocenters. The fourth-order valence-corrected chi connectivity index (χ4v) is 6.98. The van der Waals surface area contributed by atoms with Crippen LogP contribution in [0.25, 0.3) is 0 Å². The molecule has 1 aliphatic carbocycles. The number of piperazine rings is 1. The van der Waals surface area contributed by atoms with E-state index in [9.17, 15) is 24.6 Å². The highest BCUT2D eigenvalue weighted by Gasteiger charge is 2.57. The van der Waals surface area contributed by atoms with E-state index in [1.807, 2.05) is 29.8 Å². The first-order valence-electron chi connectivity index (χ1n) is 13.1. The van der Waals surface area contributed by atoms with Crippen molar-refractivity contribution in [3.63, 3.8) is 0 Å². The lowest BCUT2D eigenvalue weighted by molar-refractivity contribution is -0.167. The van der Waals surface area contributed by atoms with Crippen LogP contribution in [0.2, 0.25) is 0 Å². The number of carbonyl (C=O) groups excluding carboxylic acids is 3. The van der Waals surface area contributed by atoms with Gasteiger partial charge in [-0.05, 0) is 51.8 Å². The number of likely N-dealkylation sites (N-methyl/N-ethyl adjacent to an activating group) is 1. The van der Waals surface area contributed by atoms with Crippen molar-refractivity contribution in [1.29, 1.82) is 0 Å². The van der Waals surface area contributed by atoms with Gasteiger partial charge in [0.25, 0.3) is 0 Å². The minimum Gasteiger partial charge on any atom is -0.504 e. The number of hydrogen-bond acceptors (Lipinski definition) is 10. The van der Waals surface area contributed by atoms with E-state index in [0.717, 1.165) is 11.1 Å². The van der Waals surface area contributed by atoms with Crippen molar-refractivity contribution >= 4 is 17.5 Å². The van der Waals surface area contributed by atoms with Crippen LogP contribution in [0.5, 0.6) is 11.5 Å². The number of nitrogens with one attached hydrogen (secondary N) is 1. The predicted octanol–water partition coefficient (Wildman–Crippen LogP) is 0.214. The number of aliphatic hydroxyl groups is 1. The number of Topliss-reactive ketones (excluding diaryl/α,β-unsaturated/α-hetero) is 2. The minimum atomic E-state index is -1.03. The maximum absolute atomic E-state index is 13.7. The summed E-state index contributed by atoms with van der Waals surface area (Å²) >= 11 is 0. The number of aliphatic hydroxyl groups excluding tert-OH is 1. The summed E-state index contributed by atoms with van der Waals surface area (Å²) < 4.78 is 10.8. The molecule has 5 rings (SSSR count). The number of carbonyl (C=O) groups is 3. The normalized spacial score (nSPS) is 29.5. The summed E-state index contributed by atoms with van der Waals surface area (Å²) in [5.41, 5.74) is 8.92. The molecule has 1 fully saturated rings. The summed E-state index contributed by atoms with van der Waals surface area (Å²) in [6.45, 7) is 4.94. The van der Waals surface area contributed by atoms with Crippen molar-refractivity contribution in [2.75, 3.05) is 27.8 Å². The molecule has 1 amide bonds. The molecular weight excluding hydrogens is 504 g/mol. The van der Waals surface area contributed by atoms with E-state index in [0.29, 0.717) is 23.3 Å². The molecule has 11 nitrogen and oxygen atoms in total. The van der Waals surface area contributed by atoms with Crippen LogP contribution in [0, 0.1) is 6.92 Å². The van der Waals surface area contributed by atoms with Crippen molar-refractivity contribution in [3.8, 4) is 11.5 Å². The number of phenolic OH excluding ortho intramolecular Hbond substituents is 1. The molecule has 3 aliphatic heterocycles. The summed E-state index contributed by atoms with van der Waals surface area (Å²) in [4.78, 5) is 43.7. The van der Waals surface area contributed by atoms with Crippen molar-refractivity contribution in [1.82, 2.24) is 15.1 Å². The standard InChI is InChI=1S/C28H36N4O7/c1-11-7-14-8-17-28(37)32-16(21(31(17)4)19(14)23(34)25(11)38-5)9-15-20(18(32)10-30-27(36)13(3)29)24(35)26(39-6)12(2)22(15)33/h7,13,16-18,21,28,34,37H,8-10,29H2,1-6H3,(H,30,36)/t13-,16+,17-,18+,21-,28+/m1/s1. The van der Waals surface area contributed by atoms with Crippen LogP contribution >= 0.6 is 0 Å². The topological polar surface area (TPSA) is 155 Å². The number of nitrogens with zero attached hydrogens (tertiary/aromatic N) is 2. The second-order valence-electron chi connectivity index (χ2n) is 10.9. The molecule has 0 unspecified atom stereocenters. The number of benzene rings is 1. The van der Waals surface area contributed by atoms with Gasteiger partial charge >= 0.3 is 0 Å². The number of ether oxygens (including phenoxy) is 2. The number of phenols is 1. The van der Waals surface area contributed by atoms with E-state index in [1.54, 1.807) is 13.8 Å². The van der Waals surface area contributed by atoms with Gasteiger partial charge in [0.1, 0.15) is 6.23 Å². The predicted molar refractivity (Wildman–Crippen MR) is 141 cm³/mol. The lowest BCUT2D eigenvalue weighted by Crippen LogP contribution is -2.71. The van der Waals surface area contributed by atoms with E-state index in [2.05, 4.69) is 5.32 Å². The Morgan fingerprint density at radius 1 is 1.18 bits per heavy atom. The number of aromatic hydroxyl groups is 1. The van der Waals surface area contributed by atoms with Crippen LogP contribution in [-0.2, 0) is 25.5 Å². The third kappa shape index (κ3) is 3.90. The molecule has 210 valence electrons. The van der Waals surface area contributed by atoms with Crippen LogP contribution in [0.15, 0.2) is 28.5 Å². The highest BCUT2D eigenvalue weighted by atomic mass is 16.5. The van der Waals surface area contributed by atoms with Gasteiger partial charge in [-0.3, -0.25) is 24.2 Å². The molecular formula is C28H36N4O7. The molecule has 11 heteroatoms. The van der Waals surface area contributed by atoms with Crippen molar-refractivity contribution in [2.24, 2.45) is 5.73 Å². The first-order valence-corrected chi connectivity index (χ1v) is 13.1. The Labute approximate surface area is 227 Å². The zero-order valence-electron chi connectivity index (χ0n) is 23.1. The van der Waals surface area contributed by atoms with Crippen molar-refractivity contribution in [3.05, 3.63) is 45.2 Å². The summed E-state index contributed by atoms with van der Waals surface area (Å²) in [7, 11) is 4.74. The molecule has 0 saturated carbocycles. The van der Waals surface area contributed by atoms with Crippen LogP contribution in [0.1, 0.15) is 43.0 Å². The highest BCUT2D eigenvalue weighted by Crippen LogP contribution is 2.53. The Morgan fingerprint density at radius 3 is 2.49 bits per heavy atom. The van der Waals surface area contributed by atoms with Crippen LogP contribution in [0.4, 0.5) is 0 Å². The molecule has 2 bridgehead atoms. The van der Waals surface area contributed by atoms with Crippen LogP contribution < -0.4 is 15.8 Å². The number of allylic oxidation sites excluding steroid dienone is 2. The number of ketones is 2. The van der Waals surface area contributed by atoms with Gasteiger partial charge in [-0.15, -0.1) is 0 Å². The monoisotopic (exact) mass is 540 g/mol. The maximum atomic E-state index is 13.7. The third-order valence-corrected chi connectivity index (χ3v) is 8.78. The fraction of sp³-hybridized carbons (Fsp3) is 0.536. The first-order chi connectivity index (χ1) is 18.4. The molecule has 1 aromatic rings. The van der Waals surface area contributed by atoms with Gasteiger partial charge < -0.3 is 30.7 Å². The molecule has 3 heterocycles. The number of methoxy groups -OCH3 is 2. The van der Waals surface area contributed by atoms with Gasteiger partial charge in [-0.25, -0.2) is 0 Å². The highest BCUT2D eigenvalue weighted by molar-refractivity contribution is 6.25. The third-order valence-electron chi connectivity index (χ3n) is 8.78. The smallest absolute Gasteiger partial charge is 0.236 e. The summed E-state index contributed by atoms with van der Waals surface area (Å²) in [5.74, 6) is -0.774. The van der Waals surface area contributed by atoms with Gasteiger partial charge in [0, 0.05) is 34.9 Å². The Kier molecular flexibility index (Phi) is 6.82. The number of amides is 1. The number of fused-ring (bicyclic) bond motifs is 6. The number of aryl methyl sites for hydroxylation is 1. The van der Waals surface area contributed by atoms with Gasteiger partial charge in [0.05, 0.1) is 38.4 Å². The van der Waals surface area contributed by atoms with E-state index in [4.69, 9.17) is 15.2 Å². The van der Waals surface area contributed by atoms with Crippen LogP contribution in [0.3, 0.4) is 0 Å². The lowest BCUT2D eigenvalue weighted by atomic mass is 9.71. The van der Waals surface area contributed by atoms with E-state index < -0.39 is 42.1 Å².